The van der Waals surface area contributed by atoms with Crippen LogP contribution in [-0.4, -0.2) is 20.8 Å². The molecule has 0 aromatic carbocycles. The topological polar surface area (TPSA) is 47.8 Å². The van der Waals surface area contributed by atoms with Crippen LogP contribution in [0.4, 0.5) is 0 Å². The Bertz CT molecular complexity index is 329. The van der Waals surface area contributed by atoms with E-state index in [4.69, 9.17) is 0 Å². The molecule has 0 amide bonds. The van der Waals surface area contributed by atoms with Crippen molar-refractivity contribution < 1.29 is 4.79 Å². The van der Waals surface area contributed by atoms with Crippen molar-refractivity contribution in [2.45, 2.75) is 25.8 Å². The number of rotatable bonds is 2. The van der Waals surface area contributed by atoms with E-state index in [1.807, 2.05) is 0 Å². The molecule has 5 heteroatoms. The van der Waals surface area contributed by atoms with Crippen LogP contribution < -0.4 is 0 Å². The third-order valence-electron chi connectivity index (χ3n) is 1.80. The SMILES string of the molecule is CC(=O)c1nn(C2CC2)nc1Br. The van der Waals surface area contributed by atoms with Gasteiger partial charge in [0.2, 0.25) is 0 Å². The highest BCUT2D eigenvalue weighted by molar-refractivity contribution is 9.10. The van der Waals surface area contributed by atoms with Gasteiger partial charge in [-0.2, -0.15) is 4.80 Å². The van der Waals surface area contributed by atoms with E-state index in [1.54, 1.807) is 4.80 Å². The number of Topliss-reactive ketones (excluding diaryl/α,β-unsaturated/α-hetero) is 1. The van der Waals surface area contributed by atoms with Gasteiger partial charge in [0.25, 0.3) is 0 Å². The molecule has 12 heavy (non-hydrogen) atoms. The van der Waals surface area contributed by atoms with Gasteiger partial charge in [0, 0.05) is 6.92 Å². The standard InChI is InChI=1S/C7H8BrN3O/c1-4(12)6-7(8)10-11(9-6)5-2-3-5/h5H,2-3H2,1H3. The van der Waals surface area contributed by atoms with Crippen LogP contribution in [0.1, 0.15) is 36.3 Å². The second-order valence-corrected chi connectivity index (χ2v) is 3.70. The lowest BCUT2D eigenvalue weighted by molar-refractivity contribution is 0.101. The predicted molar refractivity (Wildman–Crippen MR) is 46.0 cm³/mol. The number of aromatic nitrogens is 3. The van der Waals surface area contributed by atoms with Gasteiger partial charge in [-0.05, 0) is 28.8 Å². The zero-order valence-electron chi connectivity index (χ0n) is 6.62. The minimum absolute atomic E-state index is 0.0474. The number of nitrogens with zero attached hydrogens (tertiary/aromatic N) is 3. The zero-order chi connectivity index (χ0) is 8.72. The normalized spacial score (nSPS) is 16.5. The van der Waals surface area contributed by atoms with Crippen molar-refractivity contribution in [3.05, 3.63) is 10.3 Å². The molecule has 0 N–H and O–H groups in total. The maximum atomic E-state index is 11.0. The minimum atomic E-state index is -0.0474. The maximum Gasteiger partial charge on any atom is 0.182 e. The molecule has 0 atom stereocenters. The minimum Gasteiger partial charge on any atom is -0.293 e. The third kappa shape index (κ3) is 1.29. The average Bonchev–Trinajstić information content (AvgIpc) is 2.75. The molecular weight excluding hydrogens is 222 g/mol. The Hall–Kier alpha value is -0.710. The number of carbonyl (C=O) groups is 1. The highest BCUT2D eigenvalue weighted by Gasteiger charge is 2.27. The summed E-state index contributed by atoms with van der Waals surface area (Å²) in [4.78, 5) is 12.6. The third-order valence-corrected chi connectivity index (χ3v) is 2.33. The fourth-order valence-electron chi connectivity index (χ4n) is 0.988. The quantitative estimate of drug-likeness (QED) is 0.724. The molecule has 1 aliphatic carbocycles. The van der Waals surface area contributed by atoms with Gasteiger partial charge >= 0.3 is 0 Å². The summed E-state index contributed by atoms with van der Waals surface area (Å²) in [7, 11) is 0. The first-order valence-corrected chi connectivity index (χ1v) is 4.61. The highest BCUT2D eigenvalue weighted by atomic mass is 79.9. The second-order valence-electron chi connectivity index (χ2n) is 2.95. The van der Waals surface area contributed by atoms with E-state index in [1.165, 1.54) is 6.92 Å². The number of hydrogen-bond donors (Lipinski definition) is 0. The van der Waals surface area contributed by atoms with Crippen LogP contribution in [0.2, 0.25) is 0 Å². The van der Waals surface area contributed by atoms with Crippen LogP contribution in [0.5, 0.6) is 0 Å². The Morgan fingerprint density at radius 2 is 2.25 bits per heavy atom. The summed E-state index contributed by atoms with van der Waals surface area (Å²) >= 11 is 3.20. The summed E-state index contributed by atoms with van der Waals surface area (Å²) < 4.78 is 0.557. The molecule has 1 heterocycles. The second kappa shape index (κ2) is 2.65. The van der Waals surface area contributed by atoms with Gasteiger partial charge in [0.05, 0.1) is 6.04 Å². The van der Waals surface area contributed by atoms with Crippen molar-refractivity contribution >= 4 is 21.7 Å². The maximum absolute atomic E-state index is 11.0. The van der Waals surface area contributed by atoms with E-state index in [9.17, 15) is 4.79 Å². The van der Waals surface area contributed by atoms with E-state index < -0.39 is 0 Å². The molecule has 1 fully saturated rings. The lowest BCUT2D eigenvalue weighted by Gasteiger charge is -1.90. The van der Waals surface area contributed by atoms with E-state index in [-0.39, 0.29) is 5.78 Å². The monoisotopic (exact) mass is 229 g/mol. The molecule has 0 radical (unpaired) electrons. The first-order valence-electron chi connectivity index (χ1n) is 3.82. The molecule has 0 spiro atoms. The van der Waals surface area contributed by atoms with Crippen molar-refractivity contribution in [3.8, 4) is 0 Å². The fourth-order valence-corrected chi connectivity index (χ4v) is 1.51. The van der Waals surface area contributed by atoms with Gasteiger partial charge in [-0.3, -0.25) is 4.79 Å². The number of ketones is 1. The fraction of sp³-hybridized carbons (Fsp3) is 0.571. The lowest BCUT2D eigenvalue weighted by Crippen LogP contribution is -2.00. The van der Waals surface area contributed by atoms with Crippen molar-refractivity contribution in [3.63, 3.8) is 0 Å². The zero-order valence-corrected chi connectivity index (χ0v) is 8.21. The first-order chi connectivity index (χ1) is 5.68. The van der Waals surface area contributed by atoms with Crippen LogP contribution in [0.15, 0.2) is 4.60 Å². The molecule has 64 valence electrons. The van der Waals surface area contributed by atoms with Crippen LogP contribution in [-0.2, 0) is 0 Å². The highest BCUT2D eigenvalue weighted by Crippen LogP contribution is 2.34. The van der Waals surface area contributed by atoms with Gasteiger partial charge in [-0.15, -0.1) is 10.2 Å². The summed E-state index contributed by atoms with van der Waals surface area (Å²) in [5.41, 5.74) is 0.432. The van der Waals surface area contributed by atoms with Gasteiger partial charge < -0.3 is 0 Å². The van der Waals surface area contributed by atoms with Crippen LogP contribution in [0.3, 0.4) is 0 Å². The summed E-state index contributed by atoms with van der Waals surface area (Å²) in [6, 6.07) is 0.425. The van der Waals surface area contributed by atoms with Crippen molar-refractivity contribution in [1.82, 2.24) is 15.0 Å². The van der Waals surface area contributed by atoms with Gasteiger partial charge in [0.15, 0.2) is 16.1 Å². The van der Waals surface area contributed by atoms with E-state index >= 15 is 0 Å². The molecular formula is C7H8BrN3O. The van der Waals surface area contributed by atoms with E-state index in [0.29, 0.717) is 16.3 Å². The molecule has 2 rings (SSSR count). The molecule has 1 saturated carbocycles. The predicted octanol–water partition coefficient (Wildman–Crippen LogP) is 1.58. The molecule has 4 nitrogen and oxygen atoms in total. The van der Waals surface area contributed by atoms with Crippen LogP contribution in [0, 0.1) is 0 Å². The smallest absolute Gasteiger partial charge is 0.182 e. The Labute approximate surface area is 78.1 Å². The summed E-state index contributed by atoms with van der Waals surface area (Å²) in [6.45, 7) is 1.49. The molecule has 0 unspecified atom stereocenters. The van der Waals surface area contributed by atoms with Crippen LogP contribution >= 0.6 is 15.9 Å². The Kier molecular flexibility index (Phi) is 1.75. The van der Waals surface area contributed by atoms with E-state index in [0.717, 1.165) is 12.8 Å². The molecule has 0 aliphatic heterocycles. The van der Waals surface area contributed by atoms with Crippen molar-refractivity contribution in [2.24, 2.45) is 0 Å². The molecule has 1 aliphatic rings. The van der Waals surface area contributed by atoms with Crippen molar-refractivity contribution in [2.75, 3.05) is 0 Å². The Balaban J connectivity index is 2.36. The average molecular weight is 230 g/mol. The molecule has 1 aromatic heterocycles. The number of halogens is 1. The molecule has 0 bridgehead atoms. The largest absolute Gasteiger partial charge is 0.293 e. The van der Waals surface area contributed by atoms with Gasteiger partial charge in [-0.25, -0.2) is 0 Å². The summed E-state index contributed by atoms with van der Waals surface area (Å²) in [5.74, 6) is -0.0474. The van der Waals surface area contributed by atoms with Gasteiger partial charge in [-0.1, -0.05) is 0 Å². The number of carbonyl (C=O) groups excluding carboxylic acids is 1. The Morgan fingerprint density at radius 1 is 1.58 bits per heavy atom. The molecule has 1 aromatic rings. The van der Waals surface area contributed by atoms with Gasteiger partial charge in [0.1, 0.15) is 0 Å². The Morgan fingerprint density at radius 3 is 2.67 bits per heavy atom. The van der Waals surface area contributed by atoms with E-state index in [2.05, 4.69) is 26.1 Å². The summed E-state index contributed by atoms with van der Waals surface area (Å²) in [6.07, 6.45) is 2.25. The van der Waals surface area contributed by atoms with Crippen LogP contribution in [0.25, 0.3) is 0 Å². The van der Waals surface area contributed by atoms with Crippen molar-refractivity contribution in [1.29, 1.82) is 0 Å². The molecule has 0 saturated heterocycles. The number of hydrogen-bond acceptors (Lipinski definition) is 3. The lowest BCUT2D eigenvalue weighted by atomic mass is 10.3. The first kappa shape index (κ1) is 7.91. The summed E-state index contributed by atoms with van der Waals surface area (Å²) in [5, 5.41) is 8.18.